The second-order valence-electron chi connectivity index (χ2n) is 7.72. The van der Waals surface area contributed by atoms with Crippen molar-refractivity contribution in [2.75, 3.05) is 5.75 Å². The molecule has 0 bridgehead atoms. The van der Waals surface area contributed by atoms with Gasteiger partial charge in [0, 0.05) is 25.7 Å². The number of ketones is 2. The van der Waals surface area contributed by atoms with Gasteiger partial charge in [-0.2, -0.15) is 16.8 Å². The predicted molar refractivity (Wildman–Crippen MR) is 103 cm³/mol. The summed E-state index contributed by atoms with van der Waals surface area (Å²) in [5, 5.41) is 0. The first kappa shape index (κ1) is 26.2. The average Bonchev–Trinajstić information content (AvgIpc) is 2.43. The van der Waals surface area contributed by atoms with Crippen LogP contribution in [0.5, 0.6) is 0 Å². The van der Waals surface area contributed by atoms with Crippen LogP contribution in [0.4, 0.5) is 0 Å². The highest BCUT2D eigenvalue weighted by molar-refractivity contribution is 7.90. The molecule has 0 aliphatic carbocycles. The minimum atomic E-state index is -4.73. The van der Waals surface area contributed by atoms with E-state index in [0.29, 0.717) is 25.2 Å². The average molecular weight is 429 g/mol. The van der Waals surface area contributed by atoms with Gasteiger partial charge in [0.15, 0.2) is 0 Å². The van der Waals surface area contributed by atoms with Gasteiger partial charge in [0.25, 0.3) is 20.2 Å². The summed E-state index contributed by atoms with van der Waals surface area (Å²) in [6, 6.07) is 0. The number of rotatable bonds is 15. The lowest BCUT2D eigenvalue weighted by Crippen LogP contribution is -2.42. The summed E-state index contributed by atoms with van der Waals surface area (Å²) < 4.78 is 60.9. The number of hydrogen-bond donors (Lipinski definition) is 2. The van der Waals surface area contributed by atoms with Gasteiger partial charge in [-0.1, -0.05) is 20.3 Å². The molecule has 27 heavy (non-hydrogen) atoms. The van der Waals surface area contributed by atoms with E-state index in [1.54, 1.807) is 0 Å². The van der Waals surface area contributed by atoms with E-state index in [0.717, 1.165) is 19.8 Å². The lowest BCUT2D eigenvalue weighted by Gasteiger charge is -2.24. The van der Waals surface area contributed by atoms with E-state index in [1.165, 1.54) is 0 Å². The molecule has 0 heterocycles. The van der Waals surface area contributed by atoms with Crippen LogP contribution in [-0.4, -0.2) is 48.0 Å². The minimum absolute atomic E-state index is 0.0120. The fraction of sp³-hybridized carbons (Fsp3) is 0.882. The molecule has 0 aromatic rings. The summed E-state index contributed by atoms with van der Waals surface area (Å²) in [4.78, 5) is 23.6. The van der Waals surface area contributed by atoms with Gasteiger partial charge >= 0.3 is 0 Å². The molecule has 0 spiro atoms. The maximum atomic E-state index is 11.9. The van der Waals surface area contributed by atoms with Crippen molar-refractivity contribution >= 4 is 31.8 Å². The molecule has 0 aromatic carbocycles. The Morgan fingerprint density at radius 3 is 1.70 bits per heavy atom. The van der Waals surface area contributed by atoms with Gasteiger partial charge in [-0.05, 0) is 38.5 Å². The smallest absolute Gasteiger partial charge is 0.271 e. The van der Waals surface area contributed by atoms with E-state index in [4.69, 9.17) is 4.55 Å². The Kier molecular flexibility index (Phi) is 10.9. The monoisotopic (exact) mass is 428 g/mol. The van der Waals surface area contributed by atoms with Crippen LogP contribution in [-0.2, 0) is 29.8 Å². The highest BCUT2D eigenvalue weighted by Gasteiger charge is 2.41. The lowest BCUT2D eigenvalue weighted by molar-refractivity contribution is -0.120. The minimum Gasteiger partial charge on any atom is -0.300 e. The SMILES string of the molecule is CC(C)CCCC(=O)CCCC(=O)CCCC(C)(CS(=O)(=O)O)S(=O)(=O)O. The fourth-order valence-corrected chi connectivity index (χ4v) is 5.12. The standard InChI is InChI=1S/C17H32O8S2/c1-14(2)7-4-8-15(18)9-5-10-16(19)11-6-12-17(3,27(23,24)25)13-26(20,21)22/h14H,4-13H2,1-3H3,(H,20,21,22)(H,23,24,25). The van der Waals surface area contributed by atoms with Gasteiger partial charge in [-0.3, -0.25) is 18.7 Å². The predicted octanol–water partition coefficient (Wildman–Crippen LogP) is 2.83. The van der Waals surface area contributed by atoms with Crippen molar-refractivity contribution in [3.63, 3.8) is 0 Å². The molecule has 0 aliphatic rings. The molecule has 2 N–H and O–H groups in total. The highest BCUT2D eigenvalue weighted by Crippen LogP contribution is 2.25. The molecule has 0 aliphatic heterocycles. The van der Waals surface area contributed by atoms with Crippen LogP contribution in [0.15, 0.2) is 0 Å². The zero-order chi connectivity index (χ0) is 21.3. The van der Waals surface area contributed by atoms with Crippen LogP contribution >= 0.6 is 0 Å². The molecule has 0 saturated heterocycles. The van der Waals surface area contributed by atoms with Crippen LogP contribution in [0.25, 0.3) is 0 Å². The molecule has 0 saturated carbocycles. The van der Waals surface area contributed by atoms with Gasteiger partial charge in [-0.15, -0.1) is 0 Å². The molecular weight excluding hydrogens is 396 g/mol. The van der Waals surface area contributed by atoms with Crippen LogP contribution in [0.2, 0.25) is 0 Å². The van der Waals surface area contributed by atoms with Crippen LogP contribution < -0.4 is 0 Å². The first-order valence-electron chi connectivity index (χ1n) is 9.12. The maximum absolute atomic E-state index is 11.9. The van der Waals surface area contributed by atoms with E-state index in [9.17, 15) is 31.0 Å². The third-order valence-electron chi connectivity index (χ3n) is 4.42. The largest absolute Gasteiger partial charge is 0.300 e. The van der Waals surface area contributed by atoms with Gasteiger partial charge in [-0.25, -0.2) is 0 Å². The van der Waals surface area contributed by atoms with Crippen molar-refractivity contribution in [1.29, 1.82) is 0 Å². The molecule has 160 valence electrons. The molecule has 0 amide bonds. The summed E-state index contributed by atoms with van der Waals surface area (Å²) in [5.41, 5.74) is 0. The van der Waals surface area contributed by atoms with E-state index in [-0.39, 0.29) is 37.2 Å². The molecule has 8 nitrogen and oxygen atoms in total. The van der Waals surface area contributed by atoms with Crippen LogP contribution in [0.3, 0.4) is 0 Å². The van der Waals surface area contributed by atoms with Crippen molar-refractivity contribution in [2.45, 2.75) is 83.3 Å². The topological polar surface area (TPSA) is 143 Å². The molecule has 0 radical (unpaired) electrons. The Balaban J connectivity index is 4.28. The summed E-state index contributed by atoms with van der Waals surface area (Å²) in [6.07, 6.45) is 3.06. The van der Waals surface area contributed by atoms with Crippen molar-refractivity contribution in [3.05, 3.63) is 0 Å². The van der Waals surface area contributed by atoms with E-state index in [1.807, 2.05) is 0 Å². The molecule has 0 rings (SSSR count). The molecule has 0 fully saturated rings. The van der Waals surface area contributed by atoms with Gasteiger partial charge in [0.2, 0.25) is 0 Å². The van der Waals surface area contributed by atoms with Gasteiger partial charge < -0.3 is 0 Å². The Morgan fingerprint density at radius 1 is 0.852 bits per heavy atom. The number of hydrogen-bond acceptors (Lipinski definition) is 6. The van der Waals surface area contributed by atoms with Gasteiger partial charge in [0.05, 0.1) is 5.75 Å². The fourth-order valence-electron chi connectivity index (χ4n) is 2.76. The molecule has 0 aromatic heterocycles. The second-order valence-corrected chi connectivity index (χ2v) is 11.1. The van der Waals surface area contributed by atoms with E-state index in [2.05, 4.69) is 13.8 Å². The summed E-state index contributed by atoms with van der Waals surface area (Å²) in [5.74, 6) is -0.628. The maximum Gasteiger partial charge on any atom is 0.271 e. The normalized spacial score (nSPS) is 14.9. The molecule has 1 atom stereocenters. The van der Waals surface area contributed by atoms with Crippen molar-refractivity contribution in [2.24, 2.45) is 5.92 Å². The van der Waals surface area contributed by atoms with E-state index < -0.39 is 30.7 Å². The van der Waals surface area contributed by atoms with Gasteiger partial charge in [0.1, 0.15) is 16.3 Å². The first-order valence-corrected chi connectivity index (χ1v) is 12.2. The zero-order valence-corrected chi connectivity index (χ0v) is 17.9. The molecule has 1 unspecified atom stereocenters. The molecule has 10 heteroatoms. The number of carbonyl (C=O) groups is 2. The van der Waals surface area contributed by atoms with Crippen molar-refractivity contribution in [3.8, 4) is 0 Å². The number of Topliss-reactive ketones (excluding diaryl/α,β-unsaturated/α-hetero) is 2. The highest BCUT2D eigenvalue weighted by atomic mass is 32.2. The van der Waals surface area contributed by atoms with Crippen molar-refractivity contribution in [1.82, 2.24) is 0 Å². The third-order valence-corrected chi connectivity index (χ3v) is 7.20. The first-order chi connectivity index (χ1) is 12.2. The van der Waals surface area contributed by atoms with Crippen LogP contribution in [0, 0.1) is 5.92 Å². The summed E-state index contributed by atoms with van der Waals surface area (Å²) in [7, 11) is -9.35. The molecular formula is C17H32O8S2. The van der Waals surface area contributed by atoms with Crippen LogP contribution in [0.1, 0.15) is 78.6 Å². The summed E-state index contributed by atoms with van der Waals surface area (Å²) >= 11 is 0. The Bertz CT molecular complexity index is 694. The Morgan fingerprint density at radius 2 is 1.30 bits per heavy atom. The quantitative estimate of drug-likeness (QED) is 0.379. The number of carbonyl (C=O) groups excluding carboxylic acids is 2. The third kappa shape index (κ3) is 12.3. The summed E-state index contributed by atoms with van der Waals surface area (Å²) in [6.45, 7) is 5.19. The van der Waals surface area contributed by atoms with E-state index >= 15 is 0 Å². The van der Waals surface area contributed by atoms with Crippen molar-refractivity contribution < 1.29 is 35.5 Å². The second kappa shape index (κ2) is 11.2. The lowest BCUT2D eigenvalue weighted by atomic mass is 9.99. The Labute approximate surface area is 162 Å². The zero-order valence-electron chi connectivity index (χ0n) is 16.3. The Hall–Kier alpha value is -0.840.